The number of amides is 1. The number of carbonyl (C=O) groups excluding carboxylic acids is 3. The van der Waals surface area contributed by atoms with Crippen LogP contribution in [0.3, 0.4) is 0 Å². The molecular weight excluding hydrogens is 500 g/mol. The van der Waals surface area contributed by atoms with Crippen molar-refractivity contribution in [2.24, 2.45) is 4.99 Å². The first-order valence-corrected chi connectivity index (χ1v) is 13.0. The lowest BCUT2D eigenvalue weighted by molar-refractivity contribution is -0.146. The summed E-state index contributed by atoms with van der Waals surface area (Å²) in [7, 11) is 2.71. The normalized spacial score (nSPS) is 20.4. The summed E-state index contributed by atoms with van der Waals surface area (Å²) in [6.45, 7) is 7.40. The highest BCUT2D eigenvalue weighted by Gasteiger charge is 2.44. The number of likely N-dealkylation sites (tertiary alicyclic amines) is 1. The van der Waals surface area contributed by atoms with Crippen LogP contribution in [0.5, 0.6) is 5.75 Å². The molecule has 1 N–H and O–H groups in total. The molecule has 1 amide bonds. The van der Waals surface area contributed by atoms with Gasteiger partial charge in [-0.1, -0.05) is 42.0 Å². The average Bonchev–Trinajstić information content (AvgIpc) is 3.56. The van der Waals surface area contributed by atoms with Gasteiger partial charge >= 0.3 is 18.0 Å². The van der Waals surface area contributed by atoms with Gasteiger partial charge in [-0.15, -0.1) is 0 Å². The summed E-state index contributed by atoms with van der Waals surface area (Å²) in [4.78, 5) is 41.8. The maximum atomic E-state index is 12.6. The van der Waals surface area contributed by atoms with Gasteiger partial charge in [-0.2, -0.15) is 0 Å². The van der Waals surface area contributed by atoms with Crippen molar-refractivity contribution < 1.29 is 33.7 Å². The Balaban J connectivity index is 0.000000230. The second kappa shape index (κ2) is 12.8. The summed E-state index contributed by atoms with van der Waals surface area (Å²) in [5.41, 5.74) is 3.54. The third-order valence-electron chi connectivity index (χ3n) is 6.56. The van der Waals surface area contributed by atoms with Gasteiger partial charge in [-0.25, -0.2) is 14.4 Å². The first-order chi connectivity index (χ1) is 18.4. The van der Waals surface area contributed by atoms with Crippen molar-refractivity contribution in [2.45, 2.75) is 77.1 Å². The first-order valence-electron chi connectivity index (χ1n) is 13.0. The zero-order valence-electron chi connectivity index (χ0n) is 23.5. The number of esters is 2. The Bertz CT molecular complexity index is 1180. The SMILES string of the molecule is COC(=O)[C@@H]1CCC(c2ccc(C)cc2)=N1.COC(=O)[C@@H]1CC[C@H](c2ccc(O)cc2)N1C(=O)OC(C)(C)C. The predicted octanol–water partition coefficient (Wildman–Crippen LogP) is 5.13. The zero-order chi connectivity index (χ0) is 28.7. The second-order valence-corrected chi connectivity index (χ2v) is 10.6. The number of aryl methyl sites for hydroxylation is 1. The lowest BCUT2D eigenvalue weighted by Crippen LogP contribution is -2.44. The number of benzene rings is 2. The van der Waals surface area contributed by atoms with Gasteiger partial charge < -0.3 is 19.3 Å². The van der Waals surface area contributed by atoms with E-state index in [1.165, 1.54) is 24.7 Å². The molecule has 2 aliphatic heterocycles. The standard InChI is InChI=1S/C17H23NO5.C13H15NO2/c1-17(2,3)23-16(21)18-13(9-10-14(18)15(20)22-4)11-5-7-12(19)8-6-11;1-9-3-5-10(6-4-9)11-7-8-12(14-11)13(15)16-2/h5-8,13-14,19H,9-10H2,1-4H3;3-6,12H,7-8H2,1-2H3/t13-,14+;12-/m10/s1. The van der Waals surface area contributed by atoms with Crippen LogP contribution in [-0.2, 0) is 23.8 Å². The smallest absolute Gasteiger partial charge is 0.411 e. The minimum atomic E-state index is -0.659. The lowest BCUT2D eigenvalue weighted by Gasteiger charge is -2.31. The molecule has 2 heterocycles. The average molecular weight is 539 g/mol. The summed E-state index contributed by atoms with van der Waals surface area (Å²) in [5.74, 6) is -0.528. The Morgan fingerprint density at radius 2 is 1.51 bits per heavy atom. The highest BCUT2D eigenvalue weighted by atomic mass is 16.6. The molecule has 9 heteroatoms. The number of methoxy groups -OCH3 is 2. The second-order valence-electron chi connectivity index (χ2n) is 10.6. The van der Waals surface area contributed by atoms with Gasteiger partial charge in [-0.3, -0.25) is 9.89 Å². The molecule has 0 unspecified atom stereocenters. The molecule has 1 saturated heterocycles. The maximum absolute atomic E-state index is 12.6. The predicted molar refractivity (Wildman–Crippen MR) is 147 cm³/mol. The van der Waals surface area contributed by atoms with Gasteiger partial charge in [0.1, 0.15) is 23.4 Å². The third-order valence-corrected chi connectivity index (χ3v) is 6.56. The molecule has 1 fully saturated rings. The summed E-state index contributed by atoms with van der Waals surface area (Å²) in [6, 6.07) is 13.6. The number of nitrogens with zero attached hydrogens (tertiary/aromatic N) is 2. The van der Waals surface area contributed by atoms with Crippen LogP contribution in [0.2, 0.25) is 0 Å². The minimum Gasteiger partial charge on any atom is -0.508 e. The molecule has 2 aromatic rings. The van der Waals surface area contributed by atoms with Gasteiger partial charge in [0.2, 0.25) is 0 Å². The van der Waals surface area contributed by atoms with Crippen molar-refractivity contribution in [3.05, 3.63) is 65.2 Å². The minimum absolute atomic E-state index is 0.153. The fourth-order valence-corrected chi connectivity index (χ4v) is 4.63. The highest BCUT2D eigenvalue weighted by Crippen LogP contribution is 2.38. The Morgan fingerprint density at radius 3 is 2.08 bits per heavy atom. The number of rotatable bonds is 4. The van der Waals surface area contributed by atoms with E-state index in [1.807, 2.05) is 12.1 Å². The number of phenolic OH excluding ortho intramolecular Hbond substituents is 1. The molecule has 0 saturated carbocycles. The monoisotopic (exact) mass is 538 g/mol. The lowest BCUT2D eigenvalue weighted by atomic mass is 10.0. The van der Waals surface area contributed by atoms with Crippen LogP contribution >= 0.6 is 0 Å². The van der Waals surface area contributed by atoms with Crippen LogP contribution in [-0.4, -0.2) is 65.7 Å². The van der Waals surface area contributed by atoms with Gasteiger partial charge in [-0.05, 0) is 76.6 Å². The molecule has 0 aromatic heterocycles. The summed E-state index contributed by atoms with van der Waals surface area (Å²) in [5, 5.41) is 9.43. The topological polar surface area (TPSA) is 115 Å². The number of carbonyl (C=O) groups is 3. The van der Waals surface area contributed by atoms with Crippen LogP contribution in [0.25, 0.3) is 0 Å². The van der Waals surface area contributed by atoms with E-state index in [-0.39, 0.29) is 23.8 Å². The molecule has 0 spiro atoms. The summed E-state index contributed by atoms with van der Waals surface area (Å²) < 4.78 is 15.0. The fourth-order valence-electron chi connectivity index (χ4n) is 4.63. The largest absolute Gasteiger partial charge is 0.508 e. The van der Waals surface area contributed by atoms with Crippen molar-refractivity contribution >= 4 is 23.7 Å². The molecule has 2 aromatic carbocycles. The molecule has 9 nitrogen and oxygen atoms in total. The quantitative estimate of drug-likeness (QED) is 0.424. The Morgan fingerprint density at radius 1 is 0.897 bits per heavy atom. The molecule has 0 radical (unpaired) electrons. The van der Waals surface area contributed by atoms with Crippen LogP contribution in [0.15, 0.2) is 53.5 Å². The maximum Gasteiger partial charge on any atom is 0.411 e. The Kier molecular flexibility index (Phi) is 9.72. The number of hydrogen-bond acceptors (Lipinski definition) is 8. The first kappa shape index (κ1) is 29.7. The van der Waals surface area contributed by atoms with E-state index < -0.39 is 23.7 Å². The van der Waals surface area contributed by atoms with Crippen molar-refractivity contribution in [1.82, 2.24) is 4.90 Å². The van der Waals surface area contributed by atoms with Gasteiger partial charge in [0.15, 0.2) is 0 Å². The van der Waals surface area contributed by atoms with Crippen molar-refractivity contribution in [1.29, 1.82) is 0 Å². The molecule has 3 atom stereocenters. The van der Waals surface area contributed by atoms with Gasteiger partial charge in [0.05, 0.1) is 20.3 Å². The molecule has 210 valence electrons. The van der Waals surface area contributed by atoms with Crippen LogP contribution in [0, 0.1) is 6.92 Å². The van der Waals surface area contributed by atoms with Crippen LogP contribution in [0.1, 0.15) is 69.2 Å². The van der Waals surface area contributed by atoms with E-state index in [4.69, 9.17) is 14.2 Å². The molecular formula is C30H38N2O7. The van der Waals surface area contributed by atoms with Crippen LogP contribution < -0.4 is 0 Å². The number of hydrogen-bond donors (Lipinski definition) is 1. The van der Waals surface area contributed by atoms with Gasteiger partial charge in [0.25, 0.3) is 0 Å². The highest BCUT2D eigenvalue weighted by molar-refractivity contribution is 6.03. The van der Waals surface area contributed by atoms with Gasteiger partial charge in [0, 0.05) is 5.71 Å². The molecule has 4 rings (SSSR count). The Labute approximate surface area is 229 Å². The molecule has 0 aliphatic carbocycles. The van der Waals surface area contributed by atoms with E-state index in [0.29, 0.717) is 12.8 Å². The number of phenols is 1. The molecule has 2 aliphatic rings. The third kappa shape index (κ3) is 7.81. The van der Waals surface area contributed by atoms with Crippen LogP contribution in [0.4, 0.5) is 4.79 Å². The fraction of sp³-hybridized carbons (Fsp3) is 0.467. The van der Waals surface area contributed by atoms with Crippen molar-refractivity contribution in [3.63, 3.8) is 0 Å². The molecule has 0 bridgehead atoms. The van der Waals surface area contributed by atoms with E-state index in [1.54, 1.807) is 45.0 Å². The summed E-state index contributed by atoms with van der Waals surface area (Å²) in [6.07, 6.45) is 2.21. The van der Waals surface area contributed by atoms with Crippen molar-refractivity contribution in [2.75, 3.05) is 14.2 Å². The van der Waals surface area contributed by atoms with E-state index in [0.717, 1.165) is 29.7 Å². The summed E-state index contributed by atoms with van der Waals surface area (Å²) >= 11 is 0. The molecule has 39 heavy (non-hydrogen) atoms. The van der Waals surface area contributed by atoms with Crippen molar-refractivity contribution in [3.8, 4) is 5.75 Å². The zero-order valence-corrected chi connectivity index (χ0v) is 23.5. The number of aliphatic imine (C=N–C) groups is 1. The van der Waals surface area contributed by atoms with E-state index in [2.05, 4.69) is 24.0 Å². The van der Waals surface area contributed by atoms with E-state index in [9.17, 15) is 19.5 Å². The van der Waals surface area contributed by atoms with E-state index >= 15 is 0 Å². The number of ether oxygens (including phenoxy) is 3. The number of aromatic hydroxyl groups is 1. The Hall–Kier alpha value is -3.88.